The van der Waals surface area contributed by atoms with Crippen molar-refractivity contribution in [2.75, 3.05) is 16.8 Å². The van der Waals surface area contributed by atoms with Crippen LogP contribution in [0.2, 0.25) is 0 Å². The van der Waals surface area contributed by atoms with Gasteiger partial charge in [0.1, 0.15) is 0 Å². The maximum absolute atomic E-state index is 12.4. The maximum atomic E-state index is 12.4. The number of tetrazole rings is 1. The molecule has 1 atom stereocenters. The van der Waals surface area contributed by atoms with E-state index in [1.54, 1.807) is 41.3 Å². The van der Waals surface area contributed by atoms with Crippen molar-refractivity contribution in [3.05, 3.63) is 54.6 Å². The number of carbonyl (C=O) groups excluding carboxylic acids is 2. The molecule has 0 aliphatic heterocycles. The average Bonchev–Trinajstić information content (AvgIpc) is 3.15. The fourth-order valence-electron chi connectivity index (χ4n) is 2.79. The number of anilines is 2. The predicted molar refractivity (Wildman–Crippen MR) is 106 cm³/mol. The second-order valence-electron chi connectivity index (χ2n) is 6.25. The summed E-state index contributed by atoms with van der Waals surface area (Å²) in [5.74, 6) is -1.47. The molecule has 1 amide bonds. The van der Waals surface area contributed by atoms with Crippen LogP contribution in [0.15, 0.2) is 59.8 Å². The first kappa shape index (κ1) is 27.5. The fourth-order valence-corrected chi connectivity index (χ4v) is 2.97. The Morgan fingerprint density at radius 1 is 1.16 bits per heavy atom. The number of aliphatic carboxylic acids is 1. The standard InChI is InChI=1S/C19H20N6O3S.2Na/c1-13(18(27)28)24(15-7-3-2-4-8-15)11-10-17(26)20-14-6-5-9-16(12-14)25-19(29)21-22-23-25;;/h2-9,12-13H,10-11H2,1H3,(H,20,26)(H,27,28)(H,21,23,29);;/q;2*+1/p-2. The maximum Gasteiger partial charge on any atom is 1.00 e. The molecule has 0 radical (unpaired) electrons. The van der Waals surface area contributed by atoms with Crippen LogP contribution in [0.4, 0.5) is 11.4 Å². The van der Waals surface area contributed by atoms with E-state index in [1.807, 2.05) is 18.2 Å². The Morgan fingerprint density at radius 3 is 2.48 bits per heavy atom. The Kier molecular flexibility index (Phi) is 11.6. The van der Waals surface area contributed by atoms with Crippen molar-refractivity contribution in [3.63, 3.8) is 0 Å². The summed E-state index contributed by atoms with van der Waals surface area (Å²) in [4.78, 5) is 25.4. The minimum Gasteiger partial charge on any atom is -0.738 e. The zero-order valence-corrected chi connectivity index (χ0v) is 22.4. The number of hydrogen-bond acceptors (Lipinski definition) is 8. The van der Waals surface area contributed by atoms with Crippen molar-refractivity contribution in [1.82, 2.24) is 20.2 Å². The van der Waals surface area contributed by atoms with Crippen LogP contribution in [-0.4, -0.2) is 44.7 Å². The van der Waals surface area contributed by atoms with Gasteiger partial charge in [0.15, 0.2) is 0 Å². The number of carboxylic acids is 1. The van der Waals surface area contributed by atoms with Crippen LogP contribution in [0.1, 0.15) is 13.3 Å². The second-order valence-corrected chi connectivity index (χ2v) is 6.61. The number of hydrogen-bond donors (Lipinski definition) is 1. The number of amides is 1. The second kappa shape index (κ2) is 13.1. The number of nitrogens with zero attached hydrogens (tertiary/aromatic N) is 5. The number of para-hydroxylation sites is 1. The number of carbonyl (C=O) groups is 2. The quantitative estimate of drug-likeness (QED) is 0.264. The van der Waals surface area contributed by atoms with E-state index < -0.39 is 12.0 Å². The molecule has 150 valence electrons. The van der Waals surface area contributed by atoms with Gasteiger partial charge < -0.3 is 32.7 Å². The smallest absolute Gasteiger partial charge is 0.738 e. The van der Waals surface area contributed by atoms with Crippen LogP contribution in [0.3, 0.4) is 0 Å². The number of benzene rings is 2. The SMILES string of the molecule is CC(C(=O)[O-])N(CCC(=O)Nc1cccc(-n2nnnc2[S-])c1)c1ccccc1.[Na+].[Na+]. The third-order valence-electron chi connectivity index (χ3n) is 4.29. The molecule has 0 aliphatic carbocycles. The van der Waals surface area contributed by atoms with Gasteiger partial charge in [-0.25, -0.2) is 4.68 Å². The molecule has 1 unspecified atom stereocenters. The number of carboxylic acid groups (broad SMARTS) is 1. The molecule has 9 nitrogen and oxygen atoms in total. The molecule has 2 aromatic carbocycles. The molecule has 3 aromatic rings. The van der Waals surface area contributed by atoms with Gasteiger partial charge in [-0.2, -0.15) is 0 Å². The molecule has 1 aromatic heterocycles. The van der Waals surface area contributed by atoms with Crippen molar-refractivity contribution in [2.24, 2.45) is 0 Å². The van der Waals surface area contributed by atoms with E-state index in [0.717, 1.165) is 0 Å². The van der Waals surface area contributed by atoms with Gasteiger partial charge in [-0.1, -0.05) is 24.3 Å². The average molecular weight is 456 g/mol. The molecule has 0 fully saturated rings. The van der Waals surface area contributed by atoms with E-state index in [1.165, 1.54) is 11.6 Å². The third kappa shape index (κ3) is 7.53. The molecule has 0 spiro atoms. The Morgan fingerprint density at radius 2 is 1.87 bits per heavy atom. The van der Waals surface area contributed by atoms with Crippen LogP contribution >= 0.6 is 0 Å². The summed E-state index contributed by atoms with van der Waals surface area (Å²) in [5, 5.41) is 25.3. The third-order valence-corrected chi connectivity index (χ3v) is 4.55. The first-order valence-electron chi connectivity index (χ1n) is 8.84. The summed E-state index contributed by atoms with van der Waals surface area (Å²) in [7, 11) is 0. The predicted octanol–water partition coefficient (Wildman–Crippen LogP) is -5.45. The first-order valence-corrected chi connectivity index (χ1v) is 9.25. The van der Waals surface area contributed by atoms with Crippen LogP contribution < -0.4 is 74.4 Å². The van der Waals surface area contributed by atoms with Gasteiger partial charge in [-0.3, -0.25) is 4.79 Å². The summed E-state index contributed by atoms with van der Waals surface area (Å²) >= 11 is 5.04. The van der Waals surface area contributed by atoms with Crippen molar-refractivity contribution in [1.29, 1.82) is 0 Å². The van der Waals surface area contributed by atoms with Crippen molar-refractivity contribution < 1.29 is 73.8 Å². The van der Waals surface area contributed by atoms with Gasteiger partial charge in [0.2, 0.25) is 5.91 Å². The molecule has 0 aliphatic rings. The normalized spacial score (nSPS) is 10.9. The van der Waals surface area contributed by atoms with Crippen LogP contribution in [0, 0.1) is 0 Å². The Bertz CT molecular complexity index is 1010. The topological polar surface area (TPSA) is 116 Å². The van der Waals surface area contributed by atoms with Crippen LogP contribution in [0.5, 0.6) is 0 Å². The van der Waals surface area contributed by atoms with Gasteiger partial charge >= 0.3 is 59.1 Å². The summed E-state index contributed by atoms with van der Waals surface area (Å²) < 4.78 is 1.38. The van der Waals surface area contributed by atoms with Gasteiger partial charge in [0.05, 0.1) is 17.7 Å². The molecule has 3 rings (SSSR count). The fraction of sp³-hybridized carbons (Fsp3) is 0.211. The molecule has 0 bridgehead atoms. The summed E-state index contributed by atoms with van der Waals surface area (Å²) in [6, 6.07) is 15.1. The molecule has 31 heavy (non-hydrogen) atoms. The monoisotopic (exact) mass is 456 g/mol. The van der Waals surface area contributed by atoms with E-state index in [9.17, 15) is 14.7 Å². The first-order chi connectivity index (χ1) is 14.0. The summed E-state index contributed by atoms with van der Waals surface area (Å²) in [6.45, 7) is 1.75. The molecule has 0 saturated carbocycles. The number of rotatable bonds is 8. The van der Waals surface area contributed by atoms with Gasteiger partial charge in [-0.05, 0) is 47.7 Å². The summed E-state index contributed by atoms with van der Waals surface area (Å²) in [5.41, 5.74) is 1.88. The zero-order valence-electron chi connectivity index (χ0n) is 17.6. The van der Waals surface area contributed by atoms with E-state index in [2.05, 4.69) is 20.8 Å². The van der Waals surface area contributed by atoms with Crippen molar-refractivity contribution in [3.8, 4) is 5.69 Å². The van der Waals surface area contributed by atoms with E-state index in [0.29, 0.717) is 17.1 Å². The molecule has 1 heterocycles. The Labute approximate surface area is 229 Å². The van der Waals surface area contributed by atoms with Gasteiger partial charge in [0.25, 0.3) is 0 Å². The Hall–Kier alpha value is -1.53. The minimum absolute atomic E-state index is 0. The summed E-state index contributed by atoms with van der Waals surface area (Å²) in [6.07, 6.45) is 0.0912. The van der Waals surface area contributed by atoms with Crippen LogP contribution in [0.25, 0.3) is 5.69 Å². The minimum atomic E-state index is -1.21. The van der Waals surface area contributed by atoms with E-state index in [4.69, 9.17) is 12.6 Å². The van der Waals surface area contributed by atoms with Crippen molar-refractivity contribution >= 4 is 35.9 Å². The zero-order chi connectivity index (χ0) is 20.8. The molecular formula is C19H18N6Na2O3S. The molecule has 0 saturated heterocycles. The van der Waals surface area contributed by atoms with Gasteiger partial charge in [-0.15, -0.1) is 5.10 Å². The van der Waals surface area contributed by atoms with E-state index >= 15 is 0 Å². The molecular weight excluding hydrogens is 438 g/mol. The van der Waals surface area contributed by atoms with E-state index in [-0.39, 0.29) is 83.1 Å². The number of nitrogens with one attached hydrogen (secondary N) is 1. The van der Waals surface area contributed by atoms with Crippen molar-refractivity contribution in [2.45, 2.75) is 24.5 Å². The number of aromatic nitrogens is 4. The van der Waals surface area contributed by atoms with Crippen LogP contribution in [-0.2, 0) is 22.2 Å². The largest absolute Gasteiger partial charge is 1.00 e. The Balaban J connectivity index is 0.00000240. The molecule has 1 N–H and O–H groups in total. The molecule has 12 heteroatoms. The van der Waals surface area contributed by atoms with Gasteiger partial charge in [0, 0.05) is 29.5 Å².